The third-order valence-corrected chi connectivity index (χ3v) is 6.43. The van der Waals surface area contributed by atoms with Crippen LogP contribution in [0, 0.1) is 11.6 Å². The molecule has 0 saturated heterocycles. The standard InChI is InChI=1S/C20H16F2INO/c1-3-10-8-20(2,9-23)24-15-7-14-17(18(22)16(10)15)12-5-4-11(21)6-13(12)19(14)25/h3-8,19,24-25H,1,9H2,2H3. The highest BCUT2D eigenvalue weighted by Crippen LogP contribution is 2.50. The molecule has 1 heterocycles. The van der Waals surface area contributed by atoms with E-state index in [9.17, 15) is 9.50 Å². The molecule has 2 aliphatic rings. The average Bonchev–Trinajstić information content (AvgIpc) is 2.86. The zero-order valence-electron chi connectivity index (χ0n) is 13.5. The second-order valence-corrected chi connectivity index (χ2v) is 7.45. The average molecular weight is 451 g/mol. The number of rotatable bonds is 2. The molecule has 0 radical (unpaired) electrons. The summed E-state index contributed by atoms with van der Waals surface area (Å²) in [5, 5.41) is 14.0. The van der Waals surface area contributed by atoms with E-state index in [1.54, 1.807) is 12.1 Å². The number of nitrogens with one attached hydrogen (secondary N) is 1. The van der Waals surface area contributed by atoms with Crippen molar-refractivity contribution in [3.05, 3.63) is 71.3 Å². The van der Waals surface area contributed by atoms with E-state index in [4.69, 9.17) is 0 Å². The normalized spacial score (nSPS) is 23.2. The molecule has 0 saturated carbocycles. The van der Waals surface area contributed by atoms with Crippen LogP contribution in [0.5, 0.6) is 0 Å². The second-order valence-electron chi connectivity index (χ2n) is 6.69. The van der Waals surface area contributed by atoms with Gasteiger partial charge in [0.05, 0.1) is 5.54 Å². The Hall–Kier alpha value is -1.73. The lowest BCUT2D eigenvalue weighted by molar-refractivity contribution is 0.224. The highest BCUT2D eigenvalue weighted by atomic mass is 127. The van der Waals surface area contributed by atoms with Crippen molar-refractivity contribution < 1.29 is 13.9 Å². The van der Waals surface area contributed by atoms with Gasteiger partial charge in [-0.2, -0.15) is 0 Å². The van der Waals surface area contributed by atoms with Crippen molar-refractivity contribution in [3.8, 4) is 11.1 Å². The minimum absolute atomic E-state index is 0.333. The first-order chi connectivity index (χ1) is 11.9. The van der Waals surface area contributed by atoms with E-state index >= 15 is 4.39 Å². The molecule has 0 bridgehead atoms. The van der Waals surface area contributed by atoms with Gasteiger partial charge in [-0.25, -0.2) is 8.78 Å². The van der Waals surface area contributed by atoms with E-state index < -0.39 is 17.7 Å². The molecule has 0 spiro atoms. The Labute approximate surface area is 158 Å². The Balaban J connectivity index is 2.01. The number of aliphatic hydroxyl groups is 1. The Morgan fingerprint density at radius 2 is 2.04 bits per heavy atom. The van der Waals surface area contributed by atoms with Gasteiger partial charge in [-0.15, -0.1) is 0 Å². The Kier molecular flexibility index (Phi) is 3.77. The molecule has 2 unspecified atom stereocenters. The van der Waals surface area contributed by atoms with Crippen molar-refractivity contribution in [3.63, 3.8) is 0 Å². The number of halogens is 3. The van der Waals surface area contributed by atoms with Crippen molar-refractivity contribution in [2.75, 3.05) is 9.74 Å². The van der Waals surface area contributed by atoms with Crippen LogP contribution in [0.4, 0.5) is 14.5 Å². The summed E-state index contributed by atoms with van der Waals surface area (Å²) in [6.07, 6.45) is 2.59. The largest absolute Gasteiger partial charge is 0.384 e. The van der Waals surface area contributed by atoms with Crippen LogP contribution < -0.4 is 5.32 Å². The van der Waals surface area contributed by atoms with Crippen LogP contribution in [-0.2, 0) is 0 Å². The van der Waals surface area contributed by atoms with Crippen LogP contribution in [0.25, 0.3) is 16.7 Å². The topological polar surface area (TPSA) is 32.3 Å². The number of allylic oxidation sites excluding steroid dienone is 2. The second kappa shape index (κ2) is 5.64. The molecule has 5 heteroatoms. The number of hydrogen-bond donors (Lipinski definition) is 2. The van der Waals surface area contributed by atoms with Crippen LogP contribution in [0.1, 0.15) is 29.7 Å². The zero-order valence-corrected chi connectivity index (χ0v) is 15.7. The van der Waals surface area contributed by atoms with Gasteiger partial charge in [-0.3, -0.25) is 0 Å². The first-order valence-corrected chi connectivity index (χ1v) is 9.45. The van der Waals surface area contributed by atoms with Crippen molar-refractivity contribution in [1.82, 2.24) is 0 Å². The molecule has 2 N–H and O–H groups in total. The van der Waals surface area contributed by atoms with Gasteiger partial charge in [0.2, 0.25) is 0 Å². The lowest BCUT2D eigenvalue weighted by Crippen LogP contribution is -2.37. The Morgan fingerprint density at radius 1 is 1.28 bits per heavy atom. The summed E-state index contributed by atoms with van der Waals surface area (Å²) < 4.78 is 29.8. The van der Waals surface area contributed by atoms with E-state index in [0.29, 0.717) is 33.5 Å². The van der Waals surface area contributed by atoms with Crippen LogP contribution in [-0.4, -0.2) is 15.1 Å². The fraction of sp³-hybridized carbons (Fsp3) is 0.200. The first-order valence-electron chi connectivity index (χ1n) is 7.92. The zero-order chi connectivity index (χ0) is 17.9. The maximum Gasteiger partial charge on any atom is 0.141 e. The van der Waals surface area contributed by atoms with Gasteiger partial charge < -0.3 is 10.4 Å². The lowest BCUT2D eigenvalue weighted by Gasteiger charge is -2.34. The summed E-state index contributed by atoms with van der Waals surface area (Å²) in [5.41, 5.74) is 3.20. The number of alkyl halides is 1. The van der Waals surface area contributed by atoms with E-state index in [-0.39, 0.29) is 5.54 Å². The maximum absolute atomic E-state index is 15.5. The van der Waals surface area contributed by atoms with E-state index in [1.807, 2.05) is 13.0 Å². The summed E-state index contributed by atoms with van der Waals surface area (Å²) in [4.78, 5) is 0. The highest BCUT2D eigenvalue weighted by Gasteiger charge is 2.36. The predicted molar refractivity (Wildman–Crippen MR) is 105 cm³/mol. The third-order valence-electron chi connectivity index (χ3n) is 4.85. The molecule has 4 rings (SSSR count). The Bertz CT molecular complexity index is 953. The number of aliphatic hydroxyl groups excluding tert-OH is 1. The minimum Gasteiger partial charge on any atom is -0.384 e. The molecule has 0 fully saturated rings. The minimum atomic E-state index is -1.04. The number of fused-ring (bicyclic) bond motifs is 4. The van der Waals surface area contributed by atoms with Crippen LogP contribution in [0.3, 0.4) is 0 Å². The quantitative estimate of drug-likeness (QED) is 0.485. The molecule has 2 aromatic rings. The molecule has 1 aliphatic heterocycles. The van der Waals surface area contributed by atoms with Gasteiger partial charge in [-0.05, 0) is 47.4 Å². The lowest BCUT2D eigenvalue weighted by atomic mass is 9.87. The fourth-order valence-electron chi connectivity index (χ4n) is 3.69. The van der Waals surface area contributed by atoms with Crippen LogP contribution in [0.2, 0.25) is 0 Å². The molecule has 1 aliphatic carbocycles. The van der Waals surface area contributed by atoms with Gasteiger partial charge in [0, 0.05) is 21.2 Å². The van der Waals surface area contributed by atoms with E-state index in [1.165, 1.54) is 18.2 Å². The Morgan fingerprint density at radius 3 is 2.72 bits per heavy atom. The molecule has 25 heavy (non-hydrogen) atoms. The molecule has 2 nitrogen and oxygen atoms in total. The molecule has 128 valence electrons. The number of benzene rings is 2. The van der Waals surface area contributed by atoms with Gasteiger partial charge in [0.25, 0.3) is 0 Å². The molecule has 0 amide bonds. The summed E-state index contributed by atoms with van der Waals surface area (Å²) in [6.45, 7) is 5.85. The SMILES string of the molecule is C=CC1=CC(C)(CI)Nc2cc3c(c(F)c21)-c1ccc(F)cc1C3O. The maximum atomic E-state index is 15.5. The van der Waals surface area contributed by atoms with Gasteiger partial charge in [-0.1, -0.05) is 47.4 Å². The van der Waals surface area contributed by atoms with Crippen molar-refractivity contribution in [2.45, 2.75) is 18.6 Å². The molecule has 0 aromatic heterocycles. The van der Waals surface area contributed by atoms with E-state index in [0.717, 1.165) is 10.0 Å². The summed E-state index contributed by atoms with van der Waals surface area (Å²) in [7, 11) is 0. The number of anilines is 1. The molecular formula is C20H16F2INO. The first kappa shape index (κ1) is 16.7. The summed E-state index contributed by atoms with van der Waals surface area (Å²) in [5.74, 6) is -0.857. The third kappa shape index (κ3) is 2.36. The smallest absolute Gasteiger partial charge is 0.141 e. The highest BCUT2D eigenvalue weighted by molar-refractivity contribution is 14.1. The van der Waals surface area contributed by atoms with Crippen molar-refractivity contribution in [2.24, 2.45) is 0 Å². The van der Waals surface area contributed by atoms with Crippen molar-refractivity contribution in [1.29, 1.82) is 0 Å². The predicted octanol–water partition coefficient (Wildman–Crippen LogP) is 5.22. The number of hydrogen-bond acceptors (Lipinski definition) is 2. The molecule has 2 atom stereocenters. The van der Waals surface area contributed by atoms with Gasteiger partial charge in [0.1, 0.15) is 17.7 Å². The summed E-state index contributed by atoms with van der Waals surface area (Å²) >= 11 is 2.28. The summed E-state index contributed by atoms with van der Waals surface area (Å²) in [6, 6.07) is 5.86. The fourth-order valence-corrected chi connectivity index (χ4v) is 4.10. The van der Waals surface area contributed by atoms with Gasteiger partial charge in [0.15, 0.2) is 0 Å². The van der Waals surface area contributed by atoms with Crippen LogP contribution in [0.15, 0.2) is 43.0 Å². The molecule has 2 aromatic carbocycles. The van der Waals surface area contributed by atoms with Crippen LogP contribution >= 0.6 is 22.6 Å². The van der Waals surface area contributed by atoms with Crippen molar-refractivity contribution >= 4 is 33.9 Å². The monoisotopic (exact) mass is 451 g/mol. The molecular weight excluding hydrogens is 435 g/mol. The van der Waals surface area contributed by atoms with E-state index in [2.05, 4.69) is 34.5 Å². The van der Waals surface area contributed by atoms with Gasteiger partial charge >= 0.3 is 0 Å².